The Morgan fingerprint density at radius 2 is 0.886 bits per heavy atom. The molecule has 4 aromatic carbocycles. The summed E-state index contributed by atoms with van der Waals surface area (Å²) in [5.41, 5.74) is 7.23. The summed E-state index contributed by atoms with van der Waals surface area (Å²) < 4.78 is 11.2. The van der Waals surface area contributed by atoms with Crippen molar-refractivity contribution < 1.29 is 23.9 Å². The van der Waals surface area contributed by atoms with Crippen molar-refractivity contribution in [3.05, 3.63) is 130 Å². The summed E-state index contributed by atoms with van der Waals surface area (Å²) in [5, 5.41) is 5.80. The first-order valence-corrected chi connectivity index (χ1v) is 14.3. The van der Waals surface area contributed by atoms with Crippen molar-refractivity contribution in [1.82, 2.24) is 0 Å². The zero-order valence-corrected chi connectivity index (χ0v) is 25.3. The van der Waals surface area contributed by atoms with Gasteiger partial charge in [0.05, 0.1) is 0 Å². The van der Waals surface area contributed by atoms with Crippen LogP contribution in [0.3, 0.4) is 0 Å². The van der Waals surface area contributed by atoms with E-state index >= 15 is 0 Å². The first-order valence-electron chi connectivity index (χ1n) is 14.3. The number of allylic oxidation sites excluding steroid dienone is 2. The van der Waals surface area contributed by atoms with Gasteiger partial charge in [0.25, 0.3) is 11.8 Å². The Bertz CT molecular complexity index is 1520. The van der Waals surface area contributed by atoms with Gasteiger partial charge in [-0.05, 0) is 97.5 Å². The van der Waals surface area contributed by atoms with Crippen LogP contribution < -0.4 is 20.1 Å². The van der Waals surface area contributed by atoms with E-state index < -0.39 is 0 Å². The third kappa shape index (κ3) is 9.29. The van der Waals surface area contributed by atoms with Gasteiger partial charge in [0.1, 0.15) is 11.5 Å². The highest BCUT2D eigenvalue weighted by Crippen LogP contribution is 2.21. The Balaban J connectivity index is 1.20. The fraction of sp³-hybridized carbons (Fsp3) is 0.162. The molecule has 0 fully saturated rings. The molecule has 0 heterocycles. The zero-order valence-electron chi connectivity index (χ0n) is 25.3. The van der Waals surface area contributed by atoms with Crippen LogP contribution in [0, 0.1) is 27.7 Å². The van der Waals surface area contributed by atoms with Crippen molar-refractivity contribution in [3.8, 4) is 11.5 Å². The van der Waals surface area contributed by atoms with Gasteiger partial charge in [-0.25, -0.2) is 0 Å². The van der Waals surface area contributed by atoms with Crippen molar-refractivity contribution in [2.45, 2.75) is 27.7 Å². The number of carbonyl (C=O) groups is 3. The second kappa shape index (κ2) is 15.2. The Labute approximate surface area is 258 Å². The molecule has 4 rings (SSSR count). The molecule has 7 nitrogen and oxygen atoms in total. The molecule has 2 amide bonds. The minimum atomic E-state index is -0.234. The van der Waals surface area contributed by atoms with Gasteiger partial charge in [-0.1, -0.05) is 72.8 Å². The molecule has 4 aromatic rings. The van der Waals surface area contributed by atoms with Crippen molar-refractivity contribution in [1.29, 1.82) is 0 Å². The summed E-state index contributed by atoms with van der Waals surface area (Å²) in [6, 6.07) is 26.0. The van der Waals surface area contributed by atoms with Crippen LogP contribution in [0.1, 0.15) is 33.4 Å². The van der Waals surface area contributed by atoms with E-state index in [9.17, 15) is 14.4 Å². The van der Waals surface area contributed by atoms with E-state index in [4.69, 9.17) is 9.47 Å². The van der Waals surface area contributed by atoms with Gasteiger partial charge in [-0.2, -0.15) is 0 Å². The normalized spacial score (nSPS) is 11.0. The fourth-order valence-corrected chi connectivity index (χ4v) is 4.43. The van der Waals surface area contributed by atoms with E-state index in [0.29, 0.717) is 11.5 Å². The highest BCUT2D eigenvalue weighted by Gasteiger charge is 2.09. The summed E-state index contributed by atoms with van der Waals surface area (Å²) >= 11 is 0. The van der Waals surface area contributed by atoms with Gasteiger partial charge in [0.15, 0.2) is 19.0 Å². The first kappa shape index (κ1) is 31.5. The number of anilines is 2. The quantitative estimate of drug-likeness (QED) is 0.170. The second-order valence-corrected chi connectivity index (χ2v) is 10.4. The largest absolute Gasteiger partial charge is 0.484 e. The van der Waals surface area contributed by atoms with Crippen LogP contribution in [0.25, 0.3) is 12.2 Å². The number of ether oxygens (including phenoxy) is 2. The van der Waals surface area contributed by atoms with Crippen molar-refractivity contribution in [2.24, 2.45) is 0 Å². The predicted molar refractivity (Wildman–Crippen MR) is 176 cm³/mol. The lowest BCUT2D eigenvalue weighted by Gasteiger charge is -2.12. The van der Waals surface area contributed by atoms with E-state index in [1.807, 2.05) is 88.4 Å². The number of para-hydroxylation sites is 2. The van der Waals surface area contributed by atoms with Crippen molar-refractivity contribution in [2.75, 3.05) is 23.8 Å². The molecular formula is C37H36N2O5. The molecular weight excluding hydrogens is 552 g/mol. The number of benzene rings is 4. The average Bonchev–Trinajstić information content (AvgIpc) is 3.01. The van der Waals surface area contributed by atoms with Gasteiger partial charge >= 0.3 is 0 Å². The topological polar surface area (TPSA) is 93.7 Å². The Morgan fingerprint density at radius 1 is 0.545 bits per heavy atom. The molecule has 224 valence electrons. The molecule has 0 radical (unpaired) electrons. The summed E-state index contributed by atoms with van der Waals surface area (Å²) in [5.74, 6) is 0.473. The van der Waals surface area contributed by atoms with E-state index in [0.717, 1.165) is 44.8 Å². The first-order chi connectivity index (χ1) is 21.2. The maximum atomic E-state index is 12.4. The van der Waals surface area contributed by atoms with E-state index in [2.05, 4.69) is 10.6 Å². The highest BCUT2D eigenvalue weighted by molar-refractivity contribution is 6.04. The minimum Gasteiger partial charge on any atom is -0.484 e. The van der Waals surface area contributed by atoms with Gasteiger partial charge in [-0.3, -0.25) is 14.4 Å². The summed E-state index contributed by atoms with van der Waals surface area (Å²) in [6.07, 6.45) is 6.39. The third-order valence-corrected chi connectivity index (χ3v) is 6.87. The number of nitrogens with one attached hydrogen (secondary N) is 2. The summed E-state index contributed by atoms with van der Waals surface area (Å²) in [4.78, 5) is 37.0. The molecule has 0 aliphatic carbocycles. The molecule has 0 aliphatic heterocycles. The third-order valence-electron chi connectivity index (χ3n) is 6.87. The number of ketones is 1. The van der Waals surface area contributed by atoms with Crippen LogP contribution in [-0.2, 0) is 14.4 Å². The van der Waals surface area contributed by atoms with Crippen LogP contribution in [-0.4, -0.2) is 30.8 Å². The molecule has 7 heteroatoms. The fourth-order valence-electron chi connectivity index (χ4n) is 4.43. The number of rotatable bonds is 12. The monoisotopic (exact) mass is 588 g/mol. The number of hydrogen-bond acceptors (Lipinski definition) is 5. The lowest BCUT2D eigenvalue weighted by molar-refractivity contribution is -0.118. The average molecular weight is 589 g/mol. The van der Waals surface area contributed by atoms with Gasteiger partial charge in [0.2, 0.25) is 0 Å². The lowest BCUT2D eigenvalue weighted by atomic mass is 10.1. The van der Waals surface area contributed by atoms with Crippen molar-refractivity contribution in [3.63, 3.8) is 0 Å². The number of carbonyl (C=O) groups excluding carboxylic acids is 3. The van der Waals surface area contributed by atoms with Gasteiger partial charge in [0, 0.05) is 11.4 Å². The maximum Gasteiger partial charge on any atom is 0.262 e. The van der Waals surface area contributed by atoms with Crippen LogP contribution >= 0.6 is 0 Å². The molecule has 0 aliphatic rings. The van der Waals surface area contributed by atoms with Crippen molar-refractivity contribution >= 4 is 41.1 Å². The molecule has 0 saturated carbocycles. The van der Waals surface area contributed by atoms with Crippen LogP contribution in [0.4, 0.5) is 11.4 Å². The lowest BCUT2D eigenvalue weighted by Crippen LogP contribution is -2.21. The second-order valence-electron chi connectivity index (χ2n) is 10.4. The number of aryl methyl sites for hydroxylation is 4. The van der Waals surface area contributed by atoms with E-state index in [-0.39, 0.29) is 30.8 Å². The van der Waals surface area contributed by atoms with Crippen LogP contribution in [0.15, 0.2) is 97.1 Å². The molecule has 0 spiro atoms. The molecule has 2 N–H and O–H groups in total. The molecule has 0 aromatic heterocycles. The zero-order chi connectivity index (χ0) is 31.5. The number of hydrogen-bond donors (Lipinski definition) is 2. The Morgan fingerprint density at radius 3 is 1.23 bits per heavy atom. The van der Waals surface area contributed by atoms with E-state index in [1.54, 1.807) is 36.4 Å². The van der Waals surface area contributed by atoms with Crippen LogP contribution in [0.2, 0.25) is 0 Å². The summed E-state index contributed by atoms with van der Waals surface area (Å²) in [7, 11) is 0. The SMILES string of the molecule is Cc1cccc(C)c1NC(=O)COc1ccc(/C=C/C(=O)/C=C/c2ccc(OCC(=O)Nc3c(C)cccc3C)cc2)cc1. The maximum absolute atomic E-state index is 12.4. The van der Waals surface area contributed by atoms with Crippen LogP contribution in [0.5, 0.6) is 11.5 Å². The predicted octanol–water partition coefficient (Wildman–Crippen LogP) is 7.25. The molecule has 0 bridgehead atoms. The number of amides is 2. The smallest absolute Gasteiger partial charge is 0.262 e. The Hall–Kier alpha value is -5.43. The van der Waals surface area contributed by atoms with Gasteiger partial charge < -0.3 is 20.1 Å². The van der Waals surface area contributed by atoms with E-state index in [1.165, 1.54) is 12.2 Å². The molecule has 44 heavy (non-hydrogen) atoms. The molecule has 0 saturated heterocycles. The standard InChI is InChI=1S/C37H36N2O5/c1-25-7-5-8-26(2)36(25)38-34(41)23-43-32-19-13-29(14-20-32)11-17-31(40)18-12-30-15-21-33(22-16-30)44-24-35(42)39-37-27(3)9-6-10-28(37)4/h5-22H,23-24H2,1-4H3,(H,38,41)(H,39,42)/b17-11+,18-12+. The minimum absolute atomic E-state index is 0.109. The highest BCUT2D eigenvalue weighted by atomic mass is 16.5. The summed E-state index contributed by atoms with van der Waals surface area (Å²) in [6.45, 7) is 7.57. The molecule has 0 atom stereocenters. The molecule has 0 unspecified atom stereocenters. The Kier molecular flexibility index (Phi) is 10.9. The van der Waals surface area contributed by atoms with Gasteiger partial charge in [-0.15, -0.1) is 0 Å².